The van der Waals surface area contributed by atoms with Gasteiger partial charge >= 0.3 is 0 Å². The van der Waals surface area contributed by atoms with Crippen molar-refractivity contribution in [2.45, 2.75) is 26.2 Å². The average Bonchev–Trinajstić information content (AvgIpc) is 2.30. The standard InChI is InChI=1S/C14H17BrINO/c1-2-17(9-10-4-3-5-10)14(18)12-8-11(16)6-7-13(12)15/h6-8,10H,2-5,9H2,1H3. The third kappa shape index (κ3) is 3.26. The first-order valence-electron chi connectivity index (χ1n) is 6.36. The van der Waals surface area contributed by atoms with Crippen molar-refractivity contribution in [1.29, 1.82) is 0 Å². The second kappa shape index (κ2) is 6.37. The minimum atomic E-state index is 0.148. The maximum Gasteiger partial charge on any atom is 0.255 e. The summed E-state index contributed by atoms with van der Waals surface area (Å²) in [4.78, 5) is 14.5. The number of amides is 1. The fourth-order valence-corrected chi connectivity index (χ4v) is 3.08. The Labute approximate surface area is 130 Å². The van der Waals surface area contributed by atoms with E-state index in [1.807, 2.05) is 23.1 Å². The van der Waals surface area contributed by atoms with Crippen LogP contribution in [0.3, 0.4) is 0 Å². The van der Waals surface area contributed by atoms with E-state index >= 15 is 0 Å². The van der Waals surface area contributed by atoms with Crippen LogP contribution in [-0.4, -0.2) is 23.9 Å². The number of carbonyl (C=O) groups is 1. The molecule has 2 nitrogen and oxygen atoms in total. The van der Waals surface area contributed by atoms with Crippen LogP contribution >= 0.6 is 38.5 Å². The van der Waals surface area contributed by atoms with Gasteiger partial charge in [0.05, 0.1) is 5.56 Å². The summed E-state index contributed by atoms with van der Waals surface area (Å²) in [6, 6.07) is 5.91. The molecule has 0 aliphatic heterocycles. The maximum atomic E-state index is 12.5. The Kier molecular flexibility index (Phi) is 5.06. The van der Waals surface area contributed by atoms with Crippen LogP contribution in [0.15, 0.2) is 22.7 Å². The summed E-state index contributed by atoms with van der Waals surface area (Å²) in [5, 5.41) is 0. The zero-order valence-electron chi connectivity index (χ0n) is 10.5. The van der Waals surface area contributed by atoms with E-state index in [-0.39, 0.29) is 5.91 Å². The predicted octanol–water partition coefficient (Wildman–Crippen LogP) is 4.32. The summed E-state index contributed by atoms with van der Waals surface area (Å²) in [6.45, 7) is 3.75. The quantitative estimate of drug-likeness (QED) is 0.663. The Morgan fingerprint density at radius 2 is 2.22 bits per heavy atom. The Morgan fingerprint density at radius 3 is 2.78 bits per heavy atom. The number of rotatable bonds is 4. The number of benzene rings is 1. The molecule has 0 spiro atoms. The van der Waals surface area contributed by atoms with Gasteiger partial charge in [-0.1, -0.05) is 6.42 Å². The van der Waals surface area contributed by atoms with Crippen molar-refractivity contribution in [3.05, 3.63) is 31.8 Å². The number of nitrogens with zero attached hydrogens (tertiary/aromatic N) is 1. The molecule has 1 saturated carbocycles. The van der Waals surface area contributed by atoms with Crippen LogP contribution in [0.1, 0.15) is 36.5 Å². The first-order chi connectivity index (χ1) is 8.61. The molecule has 0 heterocycles. The second-order valence-corrected chi connectivity index (χ2v) is 6.86. The summed E-state index contributed by atoms with van der Waals surface area (Å²) in [5.74, 6) is 0.866. The lowest BCUT2D eigenvalue weighted by molar-refractivity contribution is 0.0705. The van der Waals surface area contributed by atoms with Crippen LogP contribution < -0.4 is 0 Å². The molecule has 0 unspecified atom stereocenters. The molecule has 1 aromatic carbocycles. The summed E-state index contributed by atoms with van der Waals surface area (Å²) < 4.78 is 1.99. The monoisotopic (exact) mass is 421 g/mol. The fourth-order valence-electron chi connectivity index (χ4n) is 2.17. The van der Waals surface area contributed by atoms with Gasteiger partial charge in [-0.05, 0) is 82.4 Å². The SMILES string of the molecule is CCN(CC1CCC1)C(=O)c1cc(I)ccc1Br. The van der Waals surface area contributed by atoms with Gasteiger partial charge in [0.15, 0.2) is 0 Å². The van der Waals surface area contributed by atoms with E-state index in [1.165, 1.54) is 19.3 Å². The maximum absolute atomic E-state index is 12.5. The number of halogens is 2. The Bertz CT molecular complexity index is 445. The molecule has 1 fully saturated rings. The number of carbonyl (C=O) groups excluding carboxylic acids is 1. The third-order valence-electron chi connectivity index (χ3n) is 3.53. The zero-order chi connectivity index (χ0) is 13.1. The molecule has 0 atom stereocenters. The third-order valence-corrected chi connectivity index (χ3v) is 4.89. The normalized spacial score (nSPS) is 15.3. The van der Waals surface area contributed by atoms with Crippen molar-refractivity contribution < 1.29 is 4.79 Å². The number of hydrogen-bond acceptors (Lipinski definition) is 1. The molecule has 0 radical (unpaired) electrons. The van der Waals surface area contributed by atoms with Crippen molar-refractivity contribution >= 4 is 44.4 Å². The lowest BCUT2D eigenvalue weighted by Gasteiger charge is -2.32. The smallest absolute Gasteiger partial charge is 0.255 e. The molecule has 0 N–H and O–H groups in total. The highest BCUT2D eigenvalue weighted by molar-refractivity contribution is 14.1. The van der Waals surface area contributed by atoms with Gasteiger partial charge in [-0.2, -0.15) is 0 Å². The van der Waals surface area contributed by atoms with Crippen molar-refractivity contribution in [1.82, 2.24) is 4.90 Å². The van der Waals surface area contributed by atoms with Crippen molar-refractivity contribution in [3.63, 3.8) is 0 Å². The summed E-state index contributed by atoms with van der Waals surface area (Å²) >= 11 is 5.72. The summed E-state index contributed by atoms with van der Waals surface area (Å²) in [5.41, 5.74) is 0.781. The van der Waals surface area contributed by atoms with E-state index in [0.29, 0.717) is 0 Å². The molecular formula is C14H17BrINO. The van der Waals surface area contributed by atoms with Crippen molar-refractivity contribution in [2.24, 2.45) is 5.92 Å². The lowest BCUT2D eigenvalue weighted by Crippen LogP contribution is -2.37. The van der Waals surface area contributed by atoms with Crippen molar-refractivity contribution in [2.75, 3.05) is 13.1 Å². The van der Waals surface area contributed by atoms with E-state index in [1.54, 1.807) is 0 Å². The average molecular weight is 422 g/mol. The minimum absolute atomic E-state index is 0.148. The van der Waals surface area contributed by atoms with Gasteiger partial charge in [0.2, 0.25) is 0 Å². The largest absolute Gasteiger partial charge is 0.339 e. The zero-order valence-corrected chi connectivity index (χ0v) is 14.2. The topological polar surface area (TPSA) is 20.3 Å². The van der Waals surface area contributed by atoms with Gasteiger partial charge in [0.25, 0.3) is 5.91 Å². The molecule has 4 heteroatoms. The molecule has 0 bridgehead atoms. The van der Waals surface area contributed by atoms with E-state index in [2.05, 4.69) is 45.4 Å². The predicted molar refractivity (Wildman–Crippen MR) is 85.8 cm³/mol. The van der Waals surface area contributed by atoms with Gasteiger partial charge in [-0.3, -0.25) is 4.79 Å². The molecule has 18 heavy (non-hydrogen) atoms. The lowest BCUT2D eigenvalue weighted by atomic mass is 9.85. The molecular weight excluding hydrogens is 405 g/mol. The van der Waals surface area contributed by atoms with Crippen LogP contribution in [0.4, 0.5) is 0 Å². The molecule has 1 amide bonds. The molecule has 1 aliphatic carbocycles. The van der Waals surface area contributed by atoms with E-state index < -0.39 is 0 Å². The first-order valence-corrected chi connectivity index (χ1v) is 8.23. The van der Waals surface area contributed by atoms with Gasteiger partial charge in [0, 0.05) is 21.1 Å². The van der Waals surface area contributed by atoms with Gasteiger partial charge in [-0.15, -0.1) is 0 Å². The highest BCUT2D eigenvalue weighted by Crippen LogP contribution is 2.28. The van der Waals surface area contributed by atoms with Crippen LogP contribution in [0.25, 0.3) is 0 Å². The van der Waals surface area contributed by atoms with Gasteiger partial charge in [0.1, 0.15) is 0 Å². The van der Waals surface area contributed by atoms with E-state index in [0.717, 1.165) is 32.6 Å². The van der Waals surface area contributed by atoms with Crippen LogP contribution in [0.2, 0.25) is 0 Å². The Hall–Kier alpha value is -0.100. The van der Waals surface area contributed by atoms with Crippen molar-refractivity contribution in [3.8, 4) is 0 Å². The second-order valence-electron chi connectivity index (χ2n) is 4.76. The molecule has 1 aliphatic rings. The Balaban J connectivity index is 2.14. The van der Waals surface area contributed by atoms with Crippen LogP contribution in [0, 0.1) is 9.49 Å². The molecule has 0 saturated heterocycles. The first kappa shape index (κ1) is 14.3. The number of hydrogen-bond donors (Lipinski definition) is 0. The highest BCUT2D eigenvalue weighted by Gasteiger charge is 2.24. The fraction of sp³-hybridized carbons (Fsp3) is 0.500. The van der Waals surface area contributed by atoms with E-state index in [4.69, 9.17) is 0 Å². The molecule has 2 rings (SSSR count). The van der Waals surface area contributed by atoms with Gasteiger partial charge < -0.3 is 4.90 Å². The molecule has 98 valence electrons. The highest BCUT2D eigenvalue weighted by atomic mass is 127. The Morgan fingerprint density at radius 1 is 1.50 bits per heavy atom. The molecule has 1 aromatic rings. The van der Waals surface area contributed by atoms with E-state index in [9.17, 15) is 4.79 Å². The minimum Gasteiger partial charge on any atom is -0.339 e. The summed E-state index contributed by atoms with van der Waals surface area (Å²) in [7, 11) is 0. The molecule has 0 aromatic heterocycles. The van der Waals surface area contributed by atoms with Crippen LogP contribution in [0.5, 0.6) is 0 Å². The summed E-state index contributed by atoms with van der Waals surface area (Å²) in [6.07, 6.45) is 3.87. The van der Waals surface area contributed by atoms with Crippen LogP contribution in [-0.2, 0) is 0 Å². The van der Waals surface area contributed by atoms with Gasteiger partial charge in [-0.25, -0.2) is 0 Å².